The van der Waals surface area contributed by atoms with Crippen LogP contribution in [0.3, 0.4) is 0 Å². The topological polar surface area (TPSA) is 24.1 Å². The molecule has 2 nitrogen and oxygen atoms in total. The van der Waals surface area contributed by atoms with Crippen molar-refractivity contribution in [2.24, 2.45) is 0 Å². The fraction of sp³-hybridized carbons (Fsp3) is 0.667. The minimum absolute atomic E-state index is 0.843. The Morgan fingerprint density at radius 1 is 0.917 bits per heavy atom. The first-order chi connectivity index (χ1) is 5.62. The van der Waals surface area contributed by atoms with E-state index < -0.39 is 0 Å². The van der Waals surface area contributed by atoms with Gasteiger partial charge in [0, 0.05) is 14.1 Å². The Bertz CT molecular complexity index is 110. The third kappa shape index (κ3) is 13.1. The van der Waals surface area contributed by atoms with Gasteiger partial charge in [-0.25, -0.2) is 0 Å². The SMILES string of the molecule is CNC(=S)SC.CNC(=S)SC. The van der Waals surface area contributed by atoms with Crippen LogP contribution in [0.4, 0.5) is 0 Å². The summed E-state index contributed by atoms with van der Waals surface area (Å²) in [6, 6.07) is 0. The van der Waals surface area contributed by atoms with E-state index in [9.17, 15) is 0 Å². The maximum atomic E-state index is 4.71. The summed E-state index contributed by atoms with van der Waals surface area (Å²) in [5.41, 5.74) is 0. The van der Waals surface area contributed by atoms with Crippen LogP contribution in [0.2, 0.25) is 0 Å². The fourth-order valence-electron chi connectivity index (χ4n) is 0.204. The van der Waals surface area contributed by atoms with E-state index in [0.29, 0.717) is 0 Å². The van der Waals surface area contributed by atoms with Gasteiger partial charge in [0.05, 0.1) is 0 Å². The van der Waals surface area contributed by atoms with Gasteiger partial charge in [-0.1, -0.05) is 24.4 Å². The zero-order valence-corrected chi connectivity index (χ0v) is 10.9. The van der Waals surface area contributed by atoms with E-state index in [1.165, 1.54) is 0 Å². The Morgan fingerprint density at radius 2 is 1.17 bits per heavy atom. The molecule has 0 aromatic rings. The molecule has 0 aliphatic heterocycles. The molecule has 0 bridgehead atoms. The molecule has 6 heteroatoms. The molecule has 0 amide bonds. The molecule has 0 aromatic heterocycles. The molecular weight excluding hydrogens is 228 g/mol. The van der Waals surface area contributed by atoms with Gasteiger partial charge in [0.2, 0.25) is 0 Å². The summed E-state index contributed by atoms with van der Waals surface area (Å²) < 4.78 is 1.69. The molecule has 12 heavy (non-hydrogen) atoms. The third-order valence-corrected chi connectivity index (χ3v) is 3.34. The van der Waals surface area contributed by atoms with E-state index in [1.54, 1.807) is 23.5 Å². The normalized spacial score (nSPS) is 7.67. The summed E-state index contributed by atoms with van der Waals surface area (Å²) in [6.45, 7) is 0. The first-order valence-electron chi connectivity index (χ1n) is 3.13. The lowest BCUT2D eigenvalue weighted by Crippen LogP contribution is -2.09. The van der Waals surface area contributed by atoms with Crippen molar-refractivity contribution in [3.8, 4) is 0 Å². The van der Waals surface area contributed by atoms with Gasteiger partial charge in [0.25, 0.3) is 0 Å². The van der Waals surface area contributed by atoms with Gasteiger partial charge in [0.1, 0.15) is 8.64 Å². The molecule has 72 valence electrons. The molecule has 0 spiro atoms. The van der Waals surface area contributed by atoms with Crippen molar-refractivity contribution in [2.45, 2.75) is 0 Å². The summed E-state index contributed by atoms with van der Waals surface area (Å²) in [4.78, 5) is 0. The first kappa shape index (κ1) is 15.0. The molecule has 0 radical (unpaired) electrons. The molecule has 0 heterocycles. The van der Waals surface area contributed by atoms with Gasteiger partial charge in [-0.3, -0.25) is 0 Å². The van der Waals surface area contributed by atoms with Gasteiger partial charge < -0.3 is 10.6 Å². The number of hydrogen-bond donors (Lipinski definition) is 2. The van der Waals surface area contributed by atoms with Crippen molar-refractivity contribution in [2.75, 3.05) is 26.6 Å². The van der Waals surface area contributed by atoms with Crippen LogP contribution in [0, 0.1) is 0 Å². The zero-order valence-electron chi connectivity index (χ0n) is 7.63. The number of thioether (sulfide) groups is 2. The zero-order chi connectivity index (χ0) is 9.98. The quantitative estimate of drug-likeness (QED) is 0.627. The van der Waals surface area contributed by atoms with E-state index in [1.807, 2.05) is 26.6 Å². The minimum Gasteiger partial charge on any atom is -0.374 e. The number of thiocarbonyl (C=S) groups is 2. The highest BCUT2D eigenvalue weighted by molar-refractivity contribution is 8.22. The van der Waals surface area contributed by atoms with Gasteiger partial charge in [0.15, 0.2) is 0 Å². The molecule has 0 saturated carbocycles. The molecule has 0 saturated heterocycles. The van der Waals surface area contributed by atoms with Crippen LogP contribution in [0.15, 0.2) is 0 Å². The van der Waals surface area contributed by atoms with Crippen molar-refractivity contribution in [3.05, 3.63) is 0 Å². The van der Waals surface area contributed by atoms with Crippen molar-refractivity contribution < 1.29 is 0 Å². The monoisotopic (exact) mass is 242 g/mol. The van der Waals surface area contributed by atoms with E-state index in [0.717, 1.165) is 8.64 Å². The predicted molar refractivity (Wildman–Crippen MR) is 70.3 cm³/mol. The van der Waals surface area contributed by atoms with Crippen LogP contribution in [-0.4, -0.2) is 35.2 Å². The highest BCUT2D eigenvalue weighted by atomic mass is 32.2. The molecular formula is C6H14N2S4. The van der Waals surface area contributed by atoms with Crippen LogP contribution in [0.1, 0.15) is 0 Å². The maximum absolute atomic E-state index is 4.71. The van der Waals surface area contributed by atoms with Crippen molar-refractivity contribution in [1.82, 2.24) is 10.6 Å². The number of rotatable bonds is 0. The fourth-order valence-corrected chi connectivity index (χ4v) is 0.612. The predicted octanol–water partition coefficient (Wildman–Crippen LogP) is 1.71. The summed E-state index contributed by atoms with van der Waals surface area (Å²) in [5.74, 6) is 0. The number of nitrogens with one attached hydrogen (secondary N) is 2. The Labute approximate surface area is 93.6 Å². The van der Waals surface area contributed by atoms with Crippen LogP contribution >= 0.6 is 48.0 Å². The average Bonchev–Trinajstić information content (AvgIpc) is 2.16. The van der Waals surface area contributed by atoms with Crippen molar-refractivity contribution in [1.29, 1.82) is 0 Å². The van der Waals surface area contributed by atoms with Gasteiger partial charge in [-0.15, -0.1) is 23.5 Å². The van der Waals surface area contributed by atoms with Crippen molar-refractivity contribution in [3.63, 3.8) is 0 Å². The summed E-state index contributed by atoms with van der Waals surface area (Å²) in [7, 11) is 3.64. The Morgan fingerprint density at radius 3 is 1.17 bits per heavy atom. The molecule has 0 unspecified atom stereocenters. The molecule has 0 rings (SSSR count). The Kier molecular flexibility index (Phi) is 14.3. The lowest BCUT2D eigenvalue weighted by molar-refractivity contribution is 1.23. The highest BCUT2D eigenvalue weighted by Gasteiger charge is 1.79. The lowest BCUT2D eigenvalue weighted by Gasteiger charge is -1.91. The largest absolute Gasteiger partial charge is 0.374 e. The second-order valence-electron chi connectivity index (χ2n) is 1.48. The van der Waals surface area contributed by atoms with E-state index >= 15 is 0 Å². The van der Waals surface area contributed by atoms with Crippen LogP contribution in [-0.2, 0) is 0 Å². The Hall–Kier alpha value is 0.480. The van der Waals surface area contributed by atoms with Crippen LogP contribution in [0.25, 0.3) is 0 Å². The van der Waals surface area contributed by atoms with Gasteiger partial charge in [-0.2, -0.15) is 0 Å². The van der Waals surface area contributed by atoms with E-state index in [-0.39, 0.29) is 0 Å². The lowest BCUT2D eigenvalue weighted by atomic mass is 11.2. The first-order valence-corrected chi connectivity index (χ1v) is 6.40. The average molecular weight is 242 g/mol. The molecule has 0 fully saturated rings. The summed E-state index contributed by atoms with van der Waals surface area (Å²) >= 11 is 12.5. The highest BCUT2D eigenvalue weighted by Crippen LogP contribution is 1.90. The molecule has 0 aliphatic rings. The van der Waals surface area contributed by atoms with E-state index in [4.69, 9.17) is 24.4 Å². The van der Waals surface area contributed by atoms with Crippen LogP contribution < -0.4 is 10.6 Å². The molecule has 0 aliphatic carbocycles. The second-order valence-corrected chi connectivity index (χ2v) is 4.45. The third-order valence-electron chi connectivity index (χ3n) is 0.779. The van der Waals surface area contributed by atoms with Crippen molar-refractivity contribution >= 4 is 56.6 Å². The maximum Gasteiger partial charge on any atom is 0.133 e. The molecule has 0 atom stereocenters. The van der Waals surface area contributed by atoms with Crippen LogP contribution in [0.5, 0.6) is 0 Å². The van der Waals surface area contributed by atoms with Gasteiger partial charge >= 0.3 is 0 Å². The summed E-state index contributed by atoms with van der Waals surface area (Å²) in [6.07, 6.45) is 3.89. The van der Waals surface area contributed by atoms with Gasteiger partial charge in [-0.05, 0) is 12.5 Å². The minimum atomic E-state index is 0.843. The number of hydrogen-bond acceptors (Lipinski definition) is 4. The smallest absolute Gasteiger partial charge is 0.133 e. The standard InChI is InChI=1S/2C3H7NS2/c2*1-4-3(5)6-2/h2*1-2H3,(H,4,5). The molecule has 2 N–H and O–H groups in total. The summed E-state index contributed by atoms with van der Waals surface area (Å²) in [5, 5.41) is 5.62. The second kappa shape index (κ2) is 11.5. The van der Waals surface area contributed by atoms with E-state index in [2.05, 4.69) is 10.6 Å². The molecule has 0 aromatic carbocycles. The Balaban J connectivity index is 0.